The van der Waals surface area contributed by atoms with Crippen molar-refractivity contribution in [1.29, 1.82) is 0 Å². The Balaban J connectivity index is 1.54. The number of fused-ring (bicyclic) bond motifs is 3. The largest absolute Gasteiger partial charge is 0.377 e. The Morgan fingerprint density at radius 1 is 1.33 bits per heavy atom. The van der Waals surface area contributed by atoms with E-state index in [0.717, 1.165) is 25.7 Å². The number of ether oxygens (including phenoxy) is 2. The molecule has 3 saturated carbocycles. The van der Waals surface area contributed by atoms with Gasteiger partial charge in [-0.2, -0.15) is 0 Å². The van der Waals surface area contributed by atoms with Gasteiger partial charge in [-0.05, 0) is 67.9 Å². The lowest BCUT2D eigenvalue weighted by atomic mass is 9.47. The van der Waals surface area contributed by atoms with Gasteiger partial charge in [-0.3, -0.25) is 9.59 Å². The van der Waals surface area contributed by atoms with Gasteiger partial charge >= 0.3 is 0 Å². The first-order valence-corrected chi connectivity index (χ1v) is 10.4. The lowest BCUT2D eigenvalue weighted by Gasteiger charge is -2.54. The van der Waals surface area contributed by atoms with Crippen LogP contribution in [0.25, 0.3) is 0 Å². The number of hydrogen-bond acceptors (Lipinski definition) is 4. The van der Waals surface area contributed by atoms with Crippen LogP contribution in [0.2, 0.25) is 0 Å². The minimum atomic E-state index is -0.173. The maximum Gasteiger partial charge on any atom is 0.178 e. The van der Waals surface area contributed by atoms with Crippen LogP contribution in [0.1, 0.15) is 46.5 Å². The zero-order valence-corrected chi connectivity index (χ0v) is 16.8. The molecule has 8 atom stereocenters. The highest BCUT2D eigenvalue weighted by Gasteiger charge is 2.79. The van der Waals surface area contributed by atoms with Gasteiger partial charge in [0.1, 0.15) is 12.2 Å². The van der Waals surface area contributed by atoms with Crippen LogP contribution in [-0.4, -0.2) is 37.0 Å². The van der Waals surface area contributed by atoms with E-state index < -0.39 is 0 Å². The summed E-state index contributed by atoms with van der Waals surface area (Å²) in [6.45, 7) is 7.06. The Morgan fingerprint density at radius 2 is 2.11 bits per heavy atom. The number of allylic oxidation sites excluding steroid dienone is 2. The summed E-state index contributed by atoms with van der Waals surface area (Å²) in [6.07, 6.45) is 9.96. The summed E-state index contributed by atoms with van der Waals surface area (Å²) in [5.74, 6) is 1.79. The SMILES string of the molecule is COCC(=O)C1[C@H](C)CC2C3CCC4=CC(=O)C=C[C@]4(C)C34OC4C[C@@]21C. The molecule has 1 saturated heterocycles. The predicted octanol–water partition coefficient (Wildman–Crippen LogP) is 3.50. The van der Waals surface area contributed by atoms with E-state index in [1.807, 2.05) is 6.08 Å². The molecule has 1 spiro atoms. The molecule has 0 aromatic rings. The third-order valence-corrected chi connectivity index (χ3v) is 8.91. The van der Waals surface area contributed by atoms with Crippen LogP contribution in [0.3, 0.4) is 0 Å². The molecule has 5 aliphatic rings. The molecule has 146 valence electrons. The average molecular weight is 370 g/mol. The van der Waals surface area contributed by atoms with Crippen molar-refractivity contribution >= 4 is 11.6 Å². The van der Waals surface area contributed by atoms with Crippen LogP contribution >= 0.6 is 0 Å². The monoisotopic (exact) mass is 370 g/mol. The average Bonchev–Trinajstić information content (AvgIpc) is 3.24. The number of ketones is 2. The molecule has 0 amide bonds. The second kappa shape index (κ2) is 5.42. The standard InChI is InChI=1S/C23H30O4/c1-13-9-17-16-6-5-14-10-15(24)7-8-22(14,3)23(16)19(27-23)11-21(17,2)20(13)18(25)12-26-4/h7-8,10,13,16-17,19-20H,5-6,9,11-12H2,1-4H3/t13-,16?,17?,19?,20?,21+,22+,23?/m1/s1. The Bertz CT molecular complexity index is 781. The van der Waals surface area contributed by atoms with Gasteiger partial charge in [-0.15, -0.1) is 0 Å². The van der Waals surface area contributed by atoms with E-state index in [1.165, 1.54) is 5.57 Å². The summed E-state index contributed by atoms with van der Waals surface area (Å²) in [7, 11) is 1.61. The molecule has 0 bridgehead atoms. The normalized spacial score (nSPS) is 52.4. The van der Waals surface area contributed by atoms with E-state index in [-0.39, 0.29) is 46.6 Å². The maximum atomic E-state index is 12.9. The summed E-state index contributed by atoms with van der Waals surface area (Å²) in [4.78, 5) is 24.8. The van der Waals surface area contributed by atoms with E-state index in [0.29, 0.717) is 17.8 Å². The Labute approximate surface area is 161 Å². The van der Waals surface area contributed by atoms with Gasteiger partial charge in [0.05, 0.1) is 6.10 Å². The Morgan fingerprint density at radius 3 is 2.85 bits per heavy atom. The molecular formula is C23H30O4. The minimum absolute atomic E-state index is 0.00383. The van der Waals surface area contributed by atoms with E-state index in [2.05, 4.69) is 26.8 Å². The highest BCUT2D eigenvalue weighted by Crippen LogP contribution is 2.75. The first kappa shape index (κ1) is 17.8. The van der Waals surface area contributed by atoms with Gasteiger partial charge in [0.25, 0.3) is 0 Å². The molecule has 0 aromatic carbocycles. The van der Waals surface area contributed by atoms with Gasteiger partial charge in [0.2, 0.25) is 0 Å². The van der Waals surface area contributed by atoms with Gasteiger partial charge in [0, 0.05) is 18.4 Å². The molecular weight excluding hydrogens is 340 g/mol. The number of carbonyl (C=O) groups is 2. The third-order valence-electron chi connectivity index (χ3n) is 8.91. The van der Waals surface area contributed by atoms with Crippen molar-refractivity contribution in [1.82, 2.24) is 0 Å². The van der Waals surface area contributed by atoms with Gasteiger partial charge in [-0.25, -0.2) is 0 Å². The van der Waals surface area contributed by atoms with Crippen molar-refractivity contribution in [3.63, 3.8) is 0 Å². The second-order valence-electron chi connectivity index (χ2n) is 10.1. The highest BCUT2D eigenvalue weighted by molar-refractivity contribution is 6.01. The van der Waals surface area contributed by atoms with Crippen LogP contribution < -0.4 is 0 Å². The third kappa shape index (κ3) is 2.01. The number of rotatable bonds is 3. The smallest absolute Gasteiger partial charge is 0.178 e. The molecule has 0 radical (unpaired) electrons. The van der Waals surface area contributed by atoms with Crippen LogP contribution in [0, 0.1) is 34.5 Å². The number of methoxy groups -OCH3 is 1. The zero-order valence-electron chi connectivity index (χ0n) is 16.8. The quantitative estimate of drug-likeness (QED) is 0.714. The van der Waals surface area contributed by atoms with E-state index in [9.17, 15) is 9.59 Å². The van der Waals surface area contributed by atoms with Crippen molar-refractivity contribution in [3.8, 4) is 0 Å². The fourth-order valence-corrected chi connectivity index (χ4v) is 7.93. The number of epoxide rings is 1. The molecule has 27 heavy (non-hydrogen) atoms. The first-order chi connectivity index (χ1) is 12.8. The molecule has 1 aliphatic heterocycles. The molecule has 0 aromatic heterocycles. The summed E-state index contributed by atoms with van der Waals surface area (Å²) in [5, 5.41) is 0. The number of Topliss-reactive ketones (excluding diaryl/α,β-unsaturated/α-hetero) is 1. The zero-order chi connectivity index (χ0) is 19.2. The van der Waals surface area contributed by atoms with Crippen molar-refractivity contribution < 1.29 is 19.1 Å². The summed E-state index contributed by atoms with van der Waals surface area (Å²) >= 11 is 0. The van der Waals surface area contributed by atoms with Crippen molar-refractivity contribution in [2.75, 3.05) is 13.7 Å². The molecule has 4 nitrogen and oxygen atoms in total. The molecule has 4 aliphatic carbocycles. The van der Waals surface area contributed by atoms with E-state index >= 15 is 0 Å². The lowest BCUT2D eigenvalue weighted by molar-refractivity contribution is -0.133. The van der Waals surface area contributed by atoms with Crippen molar-refractivity contribution in [3.05, 3.63) is 23.8 Å². The van der Waals surface area contributed by atoms with E-state index in [1.54, 1.807) is 13.2 Å². The molecule has 5 unspecified atom stereocenters. The molecule has 4 fully saturated rings. The second-order valence-corrected chi connectivity index (χ2v) is 10.1. The predicted molar refractivity (Wildman–Crippen MR) is 101 cm³/mol. The summed E-state index contributed by atoms with van der Waals surface area (Å²) in [5.41, 5.74) is 0.900. The lowest BCUT2D eigenvalue weighted by Crippen LogP contribution is -2.57. The Kier molecular flexibility index (Phi) is 3.57. The Hall–Kier alpha value is -1.26. The number of hydrogen-bond donors (Lipinski definition) is 0. The summed E-state index contributed by atoms with van der Waals surface area (Å²) < 4.78 is 11.8. The highest BCUT2D eigenvalue weighted by atomic mass is 16.6. The molecule has 0 N–H and O–H groups in total. The topological polar surface area (TPSA) is 55.9 Å². The van der Waals surface area contributed by atoms with Gasteiger partial charge in [0.15, 0.2) is 11.6 Å². The first-order valence-electron chi connectivity index (χ1n) is 10.4. The van der Waals surface area contributed by atoms with Gasteiger partial charge < -0.3 is 9.47 Å². The van der Waals surface area contributed by atoms with Gasteiger partial charge in [-0.1, -0.05) is 25.5 Å². The fourth-order valence-electron chi connectivity index (χ4n) is 7.93. The molecule has 1 heterocycles. The van der Waals surface area contributed by atoms with Crippen molar-refractivity contribution in [2.24, 2.45) is 34.5 Å². The maximum absolute atomic E-state index is 12.9. The van der Waals surface area contributed by atoms with Crippen LogP contribution in [0.4, 0.5) is 0 Å². The van der Waals surface area contributed by atoms with Crippen LogP contribution in [0.5, 0.6) is 0 Å². The molecule has 5 rings (SSSR count). The van der Waals surface area contributed by atoms with Crippen LogP contribution in [0.15, 0.2) is 23.8 Å². The minimum Gasteiger partial charge on any atom is -0.377 e. The van der Waals surface area contributed by atoms with Crippen LogP contribution in [-0.2, 0) is 19.1 Å². The van der Waals surface area contributed by atoms with Crippen molar-refractivity contribution in [2.45, 2.75) is 58.2 Å². The number of carbonyl (C=O) groups excluding carboxylic acids is 2. The van der Waals surface area contributed by atoms with E-state index in [4.69, 9.17) is 9.47 Å². The fraction of sp³-hybridized carbons (Fsp3) is 0.739. The summed E-state index contributed by atoms with van der Waals surface area (Å²) in [6, 6.07) is 0. The molecule has 4 heteroatoms.